The van der Waals surface area contributed by atoms with Crippen molar-refractivity contribution in [2.24, 2.45) is 0 Å². The summed E-state index contributed by atoms with van der Waals surface area (Å²) < 4.78 is 5.13. The number of furan rings is 1. The summed E-state index contributed by atoms with van der Waals surface area (Å²) in [6.07, 6.45) is 4.81. The number of amides is 1. The fourth-order valence-electron chi connectivity index (χ4n) is 2.84. The van der Waals surface area contributed by atoms with Gasteiger partial charge in [0.15, 0.2) is 5.76 Å². The summed E-state index contributed by atoms with van der Waals surface area (Å²) in [5, 5.41) is 10.0. The van der Waals surface area contributed by atoms with Gasteiger partial charge in [-0.2, -0.15) is 0 Å². The van der Waals surface area contributed by atoms with Crippen LogP contribution in [0.2, 0.25) is 0 Å². The first-order valence-corrected chi connectivity index (χ1v) is 8.40. The highest BCUT2D eigenvalue weighted by atomic mass is 32.1. The topological polar surface area (TPSA) is 83.6 Å². The lowest BCUT2D eigenvalue weighted by Crippen LogP contribution is -2.32. The van der Waals surface area contributed by atoms with Gasteiger partial charge in [0.05, 0.1) is 27.2 Å². The van der Waals surface area contributed by atoms with Crippen molar-refractivity contribution >= 4 is 23.2 Å². The Morgan fingerprint density at radius 3 is 2.96 bits per heavy atom. The van der Waals surface area contributed by atoms with E-state index in [1.165, 1.54) is 6.07 Å². The number of hydrogen-bond acceptors (Lipinski definition) is 5. The van der Waals surface area contributed by atoms with Crippen LogP contribution in [0.3, 0.4) is 0 Å². The molecule has 1 atom stereocenters. The van der Waals surface area contributed by atoms with Gasteiger partial charge in [-0.25, -0.2) is 9.78 Å². The number of fused-ring (bicyclic) bond motifs is 1. The molecule has 7 heteroatoms. The van der Waals surface area contributed by atoms with Crippen molar-refractivity contribution in [1.82, 2.24) is 9.88 Å². The van der Waals surface area contributed by atoms with Crippen LogP contribution in [-0.4, -0.2) is 33.9 Å². The molecular weight excluding hydrogens is 316 g/mol. The normalized spacial score (nSPS) is 16.9. The maximum Gasteiger partial charge on any atom is 0.338 e. The summed E-state index contributed by atoms with van der Waals surface area (Å²) in [5.74, 6) is -1.36. The first-order chi connectivity index (χ1) is 11.0. The van der Waals surface area contributed by atoms with Gasteiger partial charge in [-0.3, -0.25) is 4.79 Å². The summed E-state index contributed by atoms with van der Waals surface area (Å²) in [5.41, 5.74) is 1.07. The van der Waals surface area contributed by atoms with E-state index in [9.17, 15) is 9.59 Å². The smallest absolute Gasteiger partial charge is 0.338 e. The van der Waals surface area contributed by atoms with Gasteiger partial charge in [-0.15, -0.1) is 11.3 Å². The number of thiazole rings is 1. The van der Waals surface area contributed by atoms with Gasteiger partial charge < -0.3 is 14.4 Å². The van der Waals surface area contributed by atoms with Crippen LogP contribution in [0.25, 0.3) is 0 Å². The fraction of sp³-hybridized carbons (Fsp3) is 0.438. The number of carboxylic acid groups (broad SMARTS) is 1. The minimum Gasteiger partial charge on any atom is -0.478 e. The first-order valence-electron chi connectivity index (χ1n) is 7.58. The molecule has 2 aromatic rings. The largest absolute Gasteiger partial charge is 0.478 e. The molecule has 3 rings (SSSR count). The summed E-state index contributed by atoms with van der Waals surface area (Å²) in [7, 11) is 1.73. The number of rotatable bonds is 4. The Balaban J connectivity index is 1.85. The zero-order chi connectivity index (χ0) is 16.6. The highest BCUT2D eigenvalue weighted by Gasteiger charge is 2.31. The van der Waals surface area contributed by atoms with Gasteiger partial charge >= 0.3 is 5.97 Å². The number of carbonyl (C=O) groups is 2. The van der Waals surface area contributed by atoms with E-state index in [2.05, 4.69) is 11.9 Å². The molecule has 23 heavy (non-hydrogen) atoms. The molecule has 1 aliphatic carbocycles. The molecule has 0 aromatic carbocycles. The molecule has 2 aromatic heterocycles. The molecule has 0 radical (unpaired) electrons. The van der Waals surface area contributed by atoms with Crippen molar-refractivity contribution < 1.29 is 19.1 Å². The third-order valence-corrected chi connectivity index (χ3v) is 5.46. The number of carbonyl (C=O) groups excluding carboxylic acids is 1. The number of aryl methyl sites for hydroxylation is 2. The molecule has 0 unspecified atom stereocenters. The molecule has 0 saturated heterocycles. The Hall–Kier alpha value is -2.15. The minimum atomic E-state index is -1.11. The van der Waals surface area contributed by atoms with Crippen molar-refractivity contribution in [2.45, 2.75) is 38.6 Å². The summed E-state index contributed by atoms with van der Waals surface area (Å²) in [4.78, 5) is 30.9. The maximum absolute atomic E-state index is 12.6. The average Bonchev–Trinajstić information content (AvgIpc) is 3.19. The molecule has 2 heterocycles. The predicted molar refractivity (Wildman–Crippen MR) is 84.9 cm³/mol. The van der Waals surface area contributed by atoms with E-state index in [4.69, 9.17) is 9.52 Å². The van der Waals surface area contributed by atoms with Crippen LogP contribution in [0.15, 0.2) is 16.7 Å². The summed E-state index contributed by atoms with van der Waals surface area (Å²) >= 11 is 1.66. The Bertz CT molecular complexity index is 749. The van der Waals surface area contributed by atoms with E-state index < -0.39 is 5.97 Å². The lowest BCUT2D eigenvalue weighted by atomic mass is 9.97. The number of nitrogens with zero attached hydrogens (tertiary/aromatic N) is 2. The number of aromatic nitrogens is 1. The molecule has 6 nitrogen and oxygen atoms in total. The number of carboxylic acids is 1. The quantitative estimate of drug-likeness (QED) is 0.928. The SMILES string of the molecule is CCc1nc2c(s1)[C@H](N(C)C(=O)c1cc(C(=O)O)co1)CCC2. The molecule has 0 saturated carbocycles. The number of hydrogen-bond donors (Lipinski definition) is 1. The first kappa shape index (κ1) is 15.7. The van der Waals surface area contributed by atoms with E-state index in [0.29, 0.717) is 0 Å². The van der Waals surface area contributed by atoms with Gasteiger partial charge in [0.2, 0.25) is 0 Å². The van der Waals surface area contributed by atoms with E-state index >= 15 is 0 Å². The van der Waals surface area contributed by atoms with E-state index in [1.807, 2.05) is 0 Å². The second-order valence-corrected chi connectivity index (χ2v) is 6.72. The Labute approximate surface area is 137 Å². The standard InChI is InChI=1S/C16H18N2O4S/c1-3-13-17-10-5-4-6-11(14(10)23-13)18(2)15(19)12-7-9(8-22-12)16(20)21/h7-8,11H,3-6H2,1-2H3,(H,20,21)/t11-/m1/s1. The highest BCUT2D eigenvalue weighted by Crippen LogP contribution is 2.38. The molecule has 1 amide bonds. The molecular formula is C16H18N2O4S. The second kappa shape index (κ2) is 6.16. The van der Waals surface area contributed by atoms with Gasteiger partial charge in [0.1, 0.15) is 6.26 Å². The van der Waals surface area contributed by atoms with Crippen LogP contribution in [0.1, 0.15) is 62.3 Å². The van der Waals surface area contributed by atoms with Gasteiger partial charge in [0.25, 0.3) is 5.91 Å². The number of aromatic carboxylic acids is 1. The van der Waals surface area contributed by atoms with Crippen LogP contribution in [-0.2, 0) is 12.8 Å². The van der Waals surface area contributed by atoms with Crippen LogP contribution >= 0.6 is 11.3 Å². The minimum absolute atomic E-state index is 0.0165. The van der Waals surface area contributed by atoms with Gasteiger partial charge in [-0.05, 0) is 25.7 Å². The summed E-state index contributed by atoms with van der Waals surface area (Å²) in [6.45, 7) is 2.07. The van der Waals surface area contributed by atoms with Crippen molar-refractivity contribution in [2.75, 3.05) is 7.05 Å². The van der Waals surface area contributed by atoms with E-state index in [0.717, 1.165) is 47.5 Å². The second-order valence-electron chi connectivity index (χ2n) is 5.60. The van der Waals surface area contributed by atoms with E-state index in [1.54, 1.807) is 23.3 Å². The zero-order valence-electron chi connectivity index (χ0n) is 13.0. The molecule has 1 aliphatic rings. The molecule has 0 bridgehead atoms. The molecule has 0 fully saturated rings. The highest BCUT2D eigenvalue weighted by molar-refractivity contribution is 7.11. The van der Waals surface area contributed by atoms with Gasteiger partial charge in [0, 0.05) is 13.1 Å². The lowest BCUT2D eigenvalue weighted by molar-refractivity contribution is 0.0681. The van der Waals surface area contributed by atoms with Crippen LogP contribution in [0.4, 0.5) is 0 Å². The average molecular weight is 334 g/mol. The zero-order valence-corrected chi connectivity index (χ0v) is 13.9. The monoisotopic (exact) mass is 334 g/mol. The van der Waals surface area contributed by atoms with Crippen LogP contribution < -0.4 is 0 Å². The molecule has 0 spiro atoms. The lowest BCUT2D eigenvalue weighted by Gasteiger charge is -2.30. The van der Waals surface area contributed by atoms with Crippen molar-refractivity contribution in [3.63, 3.8) is 0 Å². The maximum atomic E-state index is 12.6. The predicted octanol–water partition coefficient (Wildman–Crippen LogP) is 3.15. The molecule has 1 N–H and O–H groups in total. The Morgan fingerprint density at radius 2 is 2.30 bits per heavy atom. The summed E-state index contributed by atoms with van der Waals surface area (Å²) in [6, 6.07) is 1.25. The van der Waals surface area contributed by atoms with Crippen molar-refractivity contribution in [3.05, 3.63) is 39.2 Å². The Morgan fingerprint density at radius 1 is 1.52 bits per heavy atom. The van der Waals surface area contributed by atoms with Crippen molar-refractivity contribution in [3.8, 4) is 0 Å². The van der Waals surface area contributed by atoms with E-state index in [-0.39, 0.29) is 23.3 Å². The third kappa shape index (κ3) is 2.88. The fourth-order valence-corrected chi connectivity index (χ4v) is 4.08. The Kier molecular flexibility index (Phi) is 4.21. The molecule has 122 valence electrons. The van der Waals surface area contributed by atoms with Crippen molar-refractivity contribution in [1.29, 1.82) is 0 Å². The van der Waals surface area contributed by atoms with Gasteiger partial charge in [-0.1, -0.05) is 6.92 Å². The third-order valence-electron chi connectivity index (χ3n) is 4.11. The van der Waals surface area contributed by atoms with Crippen LogP contribution in [0, 0.1) is 0 Å². The molecule has 0 aliphatic heterocycles. The van der Waals surface area contributed by atoms with Crippen LogP contribution in [0.5, 0.6) is 0 Å².